The van der Waals surface area contributed by atoms with Gasteiger partial charge in [-0.3, -0.25) is 4.57 Å². The van der Waals surface area contributed by atoms with Crippen LogP contribution in [0.3, 0.4) is 0 Å². The summed E-state index contributed by atoms with van der Waals surface area (Å²) in [7, 11) is -4.07. The van der Waals surface area contributed by atoms with Gasteiger partial charge in [0.05, 0.1) is 6.16 Å². The van der Waals surface area contributed by atoms with E-state index in [4.69, 9.17) is 24.0 Å². The Kier molecular flexibility index (Phi) is 7.39. The van der Waals surface area contributed by atoms with E-state index in [1.54, 1.807) is 20.8 Å². The summed E-state index contributed by atoms with van der Waals surface area (Å²) in [6, 6.07) is 0. The Hall–Kier alpha value is 0.0300. The zero-order chi connectivity index (χ0) is 12.7. The van der Waals surface area contributed by atoms with Crippen LogP contribution in [0.25, 0.3) is 0 Å². The van der Waals surface area contributed by atoms with Gasteiger partial charge in [0.1, 0.15) is 0 Å². The minimum Gasteiger partial charge on any atom is -0.328 e. The van der Waals surface area contributed by atoms with Crippen LogP contribution in [-0.2, 0) is 18.8 Å². The zero-order valence-electron chi connectivity index (χ0n) is 10.0. The van der Waals surface area contributed by atoms with Crippen LogP contribution in [0.1, 0.15) is 27.2 Å². The van der Waals surface area contributed by atoms with Crippen LogP contribution in [0.15, 0.2) is 0 Å². The first kappa shape index (κ1) is 16.0. The van der Waals surface area contributed by atoms with E-state index in [0.717, 1.165) is 0 Å². The Morgan fingerprint density at radius 3 is 1.62 bits per heavy atom. The van der Waals surface area contributed by atoms with Crippen LogP contribution in [-0.4, -0.2) is 41.7 Å². The molecule has 6 nitrogen and oxygen atoms in total. The minimum absolute atomic E-state index is 0.00674. The monoisotopic (exact) mass is 256 g/mol. The summed E-state index contributed by atoms with van der Waals surface area (Å²) in [4.78, 5) is 17.7. The Balaban J connectivity index is 4.52. The van der Waals surface area contributed by atoms with E-state index in [9.17, 15) is 4.57 Å². The van der Waals surface area contributed by atoms with Crippen molar-refractivity contribution in [2.75, 3.05) is 26.0 Å². The van der Waals surface area contributed by atoms with E-state index in [0.29, 0.717) is 19.8 Å². The molecule has 0 fully saturated rings. The van der Waals surface area contributed by atoms with Gasteiger partial charge in [-0.2, -0.15) is 0 Å². The van der Waals surface area contributed by atoms with Gasteiger partial charge < -0.3 is 24.0 Å². The predicted octanol–water partition coefficient (Wildman–Crippen LogP) is 1.32. The minimum atomic E-state index is -4.07. The van der Waals surface area contributed by atoms with E-state index in [1.165, 1.54) is 0 Å². The second kappa shape index (κ2) is 7.37. The lowest BCUT2D eigenvalue weighted by Crippen LogP contribution is -2.40. The van der Waals surface area contributed by atoms with Crippen molar-refractivity contribution in [2.24, 2.45) is 0 Å². The molecule has 0 aliphatic heterocycles. The average Bonchev–Trinajstić information content (AvgIpc) is 2.15. The summed E-state index contributed by atoms with van der Waals surface area (Å²) in [6.07, 6.45) is -0.320. The predicted molar refractivity (Wildman–Crippen MR) is 59.1 cm³/mol. The second-order valence-electron chi connectivity index (χ2n) is 3.12. The van der Waals surface area contributed by atoms with Gasteiger partial charge in [-0.15, -0.1) is 0 Å². The topological polar surface area (TPSA) is 85.2 Å². The third kappa shape index (κ3) is 6.58. The fourth-order valence-electron chi connectivity index (χ4n) is 1.28. The highest BCUT2D eigenvalue weighted by Crippen LogP contribution is 2.38. The summed E-state index contributed by atoms with van der Waals surface area (Å²) in [5.74, 6) is -1.33. The highest BCUT2D eigenvalue weighted by Gasteiger charge is 2.34. The molecule has 0 radical (unpaired) electrons. The van der Waals surface area contributed by atoms with E-state index < -0.39 is 13.6 Å². The van der Waals surface area contributed by atoms with Crippen molar-refractivity contribution in [1.82, 2.24) is 0 Å². The number of hydrogen-bond donors (Lipinski definition) is 2. The molecule has 0 aromatic rings. The molecule has 0 spiro atoms. The average molecular weight is 256 g/mol. The van der Waals surface area contributed by atoms with Crippen molar-refractivity contribution in [2.45, 2.75) is 33.2 Å². The molecule has 0 bridgehead atoms. The largest absolute Gasteiger partial charge is 0.328 e. The van der Waals surface area contributed by atoms with Gasteiger partial charge in [-0.1, -0.05) is 0 Å². The summed E-state index contributed by atoms with van der Waals surface area (Å²) < 4.78 is 26.8. The van der Waals surface area contributed by atoms with Gasteiger partial charge >= 0.3 is 7.60 Å². The first-order valence-corrected chi connectivity index (χ1v) is 7.15. The van der Waals surface area contributed by atoms with Gasteiger partial charge in [-0.25, -0.2) is 0 Å². The molecular formula is C9H21O6P. The maximum atomic E-state index is 10.8. The third-order valence-corrected chi connectivity index (χ3v) is 2.61. The van der Waals surface area contributed by atoms with Crippen molar-refractivity contribution >= 4 is 7.60 Å². The van der Waals surface area contributed by atoms with Crippen molar-refractivity contribution in [3.8, 4) is 0 Å². The summed E-state index contributed by atoms with van der Waals surface area (Å²) >= 11 is 0. The van der Waals surface area contributed by atoms with Gasteiger partial charge in [0, 0.05) is 26.2 Å². The third-order valence-electron chi connectivity index (χ3n) is 1.80. The van der Waals surface area contributed by atoms with Crippen molar-refractivity contribution in [3.63, 3.8) is 0 Å². The molecule has 0 aliphatic rings. The van der Waals surface area contributed by atoms with Crippen LogP contribution in [0.2, 0.25) is 0 Å². The zero-order valence-corrected chi connectivity index (χ0v) is 10.9. The SMILES string of the molecule is CCOC(CCP(=O)(O)O)(OCC)OCC. The lowest BCUT2D eigenvalue weighted by atomic mass is 10.4. The summed E-state index contributed by atoms with van der Waals surface area (Å²) in [5, 5.41) is 0. The van der Waals surface area contributed by atoms with Crippen LogP contribution >= 0.6 is 7.60 Å². The van der Waals surface area contributed by atoms with Crippen molar-refractivity contribution in [1.29, 1.82) is 0 Å². The lowest BCUT2D eigenvalue weighted by Gasteiger charge is -2.32. The van der Waals surface area contributed by atoms with Gasteiger partial charge in [0.15, 0.2) is 0 Å². The standard InChI is InChI=1S/C9H21O6P/c1-4-13-9(14-5-2,15-6-3)7-8-16(10,11)12/h4-8H2,1-3H3,(H2,10,11,12). The summed E-state index contributed by atoms with van der Waals surface area (Å²) in [5.41, 5.74) is 0. The maximum Gasteiger partial charge on any atom is 0.325 e. The maximum absolute atomic E-state index is 10.8. The highest BCUT2D eigenvalue weighted by atomic mass is 31.2. The highest BCUT2D eigenvalue weighted by molar-refractivity contribution is 7.51. The first-order chi connectivity index (χ1) is 7.39. The molecule has 0 atom stereocenters. The summed E-state index contributed by atoms with van der Waals surface area (Å²) in [6.45, 7) is 6.35. The second-order valence-corrected chi connectivity index (χ2v) is 4.90. The Labute approximate surface area is 96.1 Å². The number of hydrogen-bond acceptors (Lipinski definition) is 4. The Bertz CT molecular complexity index is 209. The molecule has 0 aliphatic carbocycles. The molecule has 0 unspecified atom stereocenters. The van der Waals surface area contributed by atoms with E-state index in [1.807, 2.05) is 0 Å². The van der Waals surface area contributed by atoms with E-state index >= 15 is 0 Å². The fourth-order valence-corrected chi connectivity index (χ4v) is 1.85. The normalized spacial score (nSPS) is 13.1. The molecule has 0 rings (SSSR count). The molecule has 0 amide bonds. The van der Waals surface area contributed by atoms with E-state index in [-0.39, 0.29) is 12.6 Å². The van der Waals surface area contributed by atoms with Crippen LogP contribution < -0.4 is 0 Å². The van der Waals surface area contributed by atoms with Gasteiger partial charge in [0.2, 0.25) is 0 Å². The van der Waals surface area contributed by atoms with Crippen LogP contribution in [0.4, 0.5) is 0 Å². The number of rotatable bonds is 9. The smallest absolute Gasteiger partial charge is 0.325 e. The van der Waals surface area contributed by atoms with Crippen molar-refractivity contribution < 1.29 is 28.6 Å². The van der Waals surface area contributed by atoms with Crippen LogP contribution in [0.5, 0.6) is 0 Å². The Morgan fingerprint density at radius 2 is 1.38 bits per heavy atom. The Morgan fingerprint density at radius 1 is 1.00 bits per heavy atom. The molecule has 0 aromatic heterocycles. The quantitative estimate of drug-likeness (QED) is 0.478. The van der Waals surface area contributed by atoms with E-state index in [2.05, 4.69) is 0 Å². The molecule has 7 heteroatoms. The molecular weight excluding hydrogens is 235 g/mol. The molecule has 16 heavy (non-hydrogen) atoms. The van der Waals surface area contributed by atoms with Gasteiger partial charge in [0.25, 0.3) is 5.97 Å². The van der Waals surface area contributed by atoms with Crippen molar-refractivity contribution in [3.05, 3.63) is 0 Å². The molecule has 0 heterocycles. The lowest BCUT2D eigenvalue weighted by molar-refractivity contribution is -0.377. The molecule has 0 aromatic carbocycles. The molecule has 2 N–H and O–H groups in total. The van der Waals surface area contributed by atoms with Gasteiger partial charge in [-0.05, 0) is 20.8 Å². The van der Waals surface area contributed by atoms with Crippen LogP contribution in [0, 0.1) is 0 Å². The first-order valence-electron chi connectivity index (χ1n) is 5.35. The molecule has 0 saturated carbocycles. The number of ether oxygens (including phenoxy) is 3. The molecule has 0 saturated heterocycles. The fraction of sp³-hybridized carbons (Fsp3) is 1.00. The molecule has 98 valence electrons.